The first-order valence-electron chi connectivity index (χ1n) is 5.04. The van der Waals surface area contributed by atoms with E-state index in [1.54, 1.807) is 6.07 Å². The van der Waals surface area contributed by atoms with E-state index in [9.17, 15) is 4.39 Å². The van der Waals surface area contributed by atoms with Crippen molar-refractivity contribution < 1.29 is 4.39 Å². The summed E-state index contributed by atoms with van der Waals surface area (Å²) in [6.45, 7) is 4.96. The predicted molar refractivity (Wildman–Crippen MR) is 61.4 cm³/mol. The van der Waals surface area contributed by atoms with Gasteiger partial charge in [0.1, 0.15) is 5.82 Å². The highest BCUT2D eigenvalue weighted by Gasteiger charge is 2.08. The molecule has 0 bridgehead atoms. The van der Waals surface area contributed by atoms with Gasteiger partial charge in [0.25, 0.3) is 0 Å². The smallest absolute Gasteiger partial charge is 0.142 e. The Labute approximate surface area is 94.8 Å². The Morgan fingerprint density at radius 1 is 1.47 bits per heavy atom. The average molecular weight is 231 g/mol. The first-order chi connectivity index (χ1) is 7.19. The summed E-state index contributed by atoms with van der Waals surface area (Å²) in [7, 11) is 0. The number of nitrogens with two attached hydrogens (primary N) is 1. The lowest BCUT2D eigenvalue weighted by Gasteiger charge is -2.20. The van der Waals surface area contributed by atoms with Crippen molar-refractivity contribution >= 4 is 11.6 Å². The minimum atomic E-state index is -0.363. The molecule has 0 aliphatic heterocycles. The molecule has 0 amide bonds. The number of nitrogens with zero attached hydrogens (tertiary/aromatic N) is 1. The highest BCUT2D eigenvalue weighted by Crippen LogP contribution is 2.20. The quantitative estimate of drug-likeness (QED) is 0.841. The fraction of sp³-hybridized carbons (Fsp3) is 0.455. The summed E-state index contributed by atoms with van der Waals surface area (Å²) < 4.78 is 13.1. The van der Waals surface area contributed by atoms with E-state index in [4.69, 9.17) is 17.3 Å². The maximum atomic E-state index is 13.1. The molecule has 0 heterocycles. The van der Waals surface area contributed by atoms with Crippen molar-refractivity contribution in [2.24, 2.45) is 5.73 Å². The van der Waals surface area contributed by atoms with Crippen molar-refractivity contribution in [1.82, 2.24) is 4.90 Å². The summed E-state index contributed by atoms with van der Waals surface area (Å²) in [5.41, 5.74) is 6.29. The standard InChI is InChI=1S/C11H16ClFN2/c1-2-15(7-6-14)8-9-4-3-5-10(13)11(9)12/h3-5H,2,6-8,14H2,1H3. The van der Waals surface area contributed by atoms with E-state index in [1.807, 2.05) is 13.0 Å². The number of likely N-dealkylation sites (N-methyl/N-ethyl adjacent to an activating group) is 1. The largest absolute Gasteiger partial charge is 0.329 e. The van der Waals surface area contributed by atoms with Crippen LogP contribution in [0.15, 0.2) is 18.2 Å². The summed E-state index contributed by atoms with van der Waals surface area (Å²) in [5.74, 6) is -0.363. The Morgan fingerprint density at radius 2 is 2.20 bits per heavy atom. The van der Waals surface area contributed by atoms with Crippen molar-refractivity contribution in [1.29, 1.82) is 0 Å². The summed E-state index contributed by atoms with van der Waals surface area (Å²) >= 11 is 5.86. The van der Waals surface area contributed by atoms with Crippen molar-refractivity contribution in [2.45, 2.75) is 13.5 Å². The number of rotatable bonds is 5. The molecule has 0 aliphatic carbocycles. The monoisotopic (exact) mass is 230 g/mol. The number of hydrogen-bond donors (Lipinski definition) is 1. The molecule has 0 saturated carbocycles. The minimum Gasteiger partial charge on any atom is -0.329 e. The summed E-state index contributed by atoms with van der Waals surface area (Å²) in [5, 5.41) is 0.216. The number of halogens is 2. The first kappa shape index (κ1) is 12.4. The van der Waals surface area contributed by atoms with Gasteiger partial charge in [-0.3, -0.25) is 4.90 Å². The fourth-order valence-electron chi connectivity index (χ4n) is 1.44. The molecule has 0 saturated heterocycles. The molecule has 0 aromatic heterocycles. The molecular formula is C11H16ClFN2. The SMILES string of the molecule is CCN(CCN)Cc1cccc(F)c1Cl. The molecule has 0 unspecified atom stereocenters. The zero-order chi connectivity index (χ0) is 11.3. The van der Waals surface area contributed by atoms with Crippen LogP contribution in [0.1, 0.15) is 12.5 Å². The number of hydrogen-bond acceptors (Lipinski definition) is 2. The van der Waals surface area contributed by atoms with Crippen molar-refractivity contribution in [3.63, 3.8) is 0 Å². The Kier molecular flexibility index (Phi) is 5.02. The van der Waals surface area contributed by atoms with Crippen molar-refractivity contribution in [3.05, 3.63) is 34.6 Å². The van der Waals surface area contributed by atoms with Crippen LogP contribution in [0.5, 0.6) is 0 Å². The lowest BCUT2D eigenvalue weighted by atomic mass is 10.2. The first-order valence-corrected chi connectivity index (χ1v) is 5.42. The third-order valence-electron chi connectivity index (χ3n) is 2.32. The topological polar surface area (TPSA) is 29.3 Å². The van der Waals surface area contributed by atoms with E-state index in [-0.39, 0.29) is 10.8 Å². The van der Waals surface area contributed by atoms with Gasteiger partial charge >= 0.3 is 0 Å². The van der Waals surface area contributed by atoms with Crippen LogP contribution in [0, 0.1) is 5.82 Å². The Bertz CT molecular complexity index is 317. The molecule has 4 heteroatoms. The predicted octanol–water partition coefficient (Wildman–Crippen LogP) is 2.26. The second-order valence-corrected chi connectivity index (χ2v) is 3.75. The van der Waals surface area contributed by atoms with Gasteiger partial charge in [0.05, 0.1) is 5.02 Å². The van der Waals surface area contributed by atoms with Gasteiger partial charge in [0.15, 0.2) is 0 Å². The molecule has 1 aromatic rings. The Hall–Kier alpha value is -0.640. The third kappa shape index (κ3) is 3.45. The van der Waals surface area contributed by atoms with Gasteiger partial charge in [0.2, 0.25) is 0 Å². The average Bonchev–Trinajstić information content (AvgIpc) is 2.24. The van der Waals surface area contributed by atoms with E-state index < -0.39 is 0 Å². The molecule has 0 spiro atoms. The summed E-state index contributed by atoms with van der Waals surface area (Å²) in [4.78, 5) is 2.13. The van der Waals surface area contributed by atoms with Gasteiger partial charge in [-0.25, -0.2) is 4.39 Å². The molecule has 0 radical (unpaired) electrons. The van der Waals surface area contributed by atoms with E-state index in [2.05, 4.69) is 4.90 Å². The van der Waals surface area contributed by atoms with Gasteiger partial charge in [-0.1, -0.05) is 30.7 Å². The van der Waals surface area contributed by atoms with E-state index in [0.29, 0.717) is 13.1 Å². The van der Waals surface area contributed by atoms with Gasteiger partial charge in [-0.05, 0) is 18.2 Å². The Balaban J connectivity index is 2.74. The highest BCUT2D eigenvalue weighted by molar-refractivity contribution is 6.31. The maximum Gasteiger partial charge on any atom is 0.142 e. The fourth-order valence-corrected chi connectivity index (χ4v) is 1.63. The van der Waals surface area contributed by atoms with Gasteiger partial charge in [0, 0.05) is 19.6 Å². The Morgan fingerprint density at radius 3 is 2.80 bits per heavy atom. The van der Waals surface area contributed by atoms with Crippen LogP contribution in [0.2, 0.25) is 5.02 Å². The summed E-state index contributed by atoms with van der Waals surface area (Å²) in [6, 6.07) is 4.88. The highest BCUT2D eigenvalue weighted by atomic mass is 35.5. The van der Waals surface area contributed by atoms with E-state index in [0.717, 1.165) is 18.7 Å². The molecule has 0 fully saturated rings. The van der Waals surface area contributed by atoms with Gasteiger partial charge in [-0.15, -0.1) is 0 Å². The lowest BCUT2D eigenvalue weighted by Crippen LogP contribution is -2.29. The summed E-state index contributed by atoms with van der Waals surface area (Å²) in [6.07, 6.45) is 0. The van der Waals surface area contributed by atoms with Crippen LogP contribution in [0.4, 0.5) is 4.39 Å². The van der Waals surface area contributed by atoms with Crippen LogP contribution in [-0.2, 0) is 6.54 Å². The molecule has 0 atom stereocenters. The van der Waals surface area contributed by atoms with Gasteiger partial charge < -0.3 is 5.73 Å². The third-order valence-corrected chi connectivity index (χ3v) is 2.74. The molecular weight excluding hydrogens is 215 g/mol. The van der Waals surface area contributed by atoms with Crippen LogP contribution in [0.3, 0.4) is 0 Å². The molecule has 1 rings (SSSR count). The van der Waals surface area contributed by atoms with E-state index >= 15 is 0 Å². The van der Waals surface area contributed by atoms with Gasteiger partial charge in [-0.2, -0.15) is 0 Å². The lowest BCUT2D eigenvalue weighted by molar-refractivity contribution is 0.288. The van der Waals surface area contributed by atoms with Crippen molar-refractivity contribution in [3.8, 4) is 0 Å². The van der Waals surface area contributed by atoms with Crippen LogP contribution in [0.25, 0.3) is 0 Å². The van der Waals surface area contributed by atoms with E-state index in [1.165, 1.54) is 6.07 Å². The maximum absolute atomic E-state index is 13.1. The molecule has 0 aliphatic rings. The van der Waals surface area contributed by atoms with Crippen LogP contribution >= 0.6 is 11.6 Å². The minimum absolute atomic E-state index is 0.216. The second-order valence-electron chi connectivity index (χ2n) is 3.37. The van der Waals surface area contributed by atoms with Crippen LogP contribution < -0.4 is 5.73 Å². The number of benzene rings is 1. The molecule has 1 aromatic carbocycles. The van der Waals surface area contributed by atoms with Crippen molar-refractivity contribution in [2.75, 3.05) is 19.6 Å². The van der Waals surface area contributed by atoms with Crippen LogP contribution in [-0.4, -0.2) is 24.5 Å². The normalized spacial score (nSPS) is 11.0. The second kappa shape index (κ2) is 6.05. The molecule has 2 N–H and O–H groups in total. The molecule has 84 valence electrons. The zero-order valence-corrected chi connectivity index (χ0v) is 9.60. The molecule has 15 heavy (non-hydrogen) atoms. The zero-order valence-electron chi connectivity index (χ0n) is 8.84. The molecule has 2 nitrogen and oxygen atoms in total.